The number of aromatic amines is 1. The highest BCUT2D eigenvalue weighted by atomic mass is 35.5. The van der Waals surface area contributed by atoms with E-state index in [2.05, 4.69) is 4.98 Å². The maximum atomic E-state index is 11.8. The first kappa shape index (κ1) is 12.8. The van der Waals surface area contributed by atoms with Gasteiger partial charge in [-0.05, 0) is 29.3 Å². The van der Waals surface area contributed by atoms with Crippen molar-refractivity contribution < 1.29 is 4.74 Å². The van der Waals surface area contributed by atoms with Gasteiger partial charge >= 0.3 is 0 Å². The standard InChI is InChI=1S/C16H12ClNO2/c1-20-11-7-5-10(6-8-11)13-9-15(19)18-16-12(13)3-2-4-14(16)17/h2-9H,1H3,(H,18,19). The molecular weight excluding hydrogens is 274 g/mol. The van der Waals surface area contributed by atoms with Crippen molar-refractivity contribution in [2.24, 2.45) is 0 Å². The maximum Gasteiger partial charge on any atom is 0.249 e. The highest BCUT2D eigenvalue weighted by molar-refractivity contribution is 6.35. The van der Waals surface area contributed by atoms with Crippen molar-refractivity contribution >= 4 is 22.5 Å². The van der Waals surface area contributed by atoms with Gasteiger partial charge in [-0.3, -0.25) is 4.79 Å². The van der Waals surface area contributed by atoms with Gasteiger partial charge in [-0.25, -0.2) is 0 Å². The highest BCUT2D eigenvalue weighted by Crippen LogP contribution is 2.30. The van der Waals surface area contributed by atoms with Crippen LogP contribution in [0.5, 0.6) is 5.75 Å². The number of rotatable bonds is 2. The largest absolute Gasteiger partial charge is 0.497 e. The van der Waals surface area contributed by atoms with Gasteiger partial charge < -0.3 is 9.72 Å². The van der Waals surface area contributed by atoms with Crippen LogP contribution in [0, 0.1) is 0 Å². The van der Waals surface area contributed by atoms with E-state index in [0.29, 0.717) is 10.5 Å². The Morgan fingerprint density at radius 2 is 1.85 bits per heavy atom. The average Bonchev–Trinajstić information content (AvgIpc) is 2.48. The fourth-order valence-electron chi connectivity index (χ4n) is 2.25. The zero-order valence-electron chi connectivity index (χ0n) is 10.8. The van der Waals surface area contributed by atoms with Gasteiger partial charge in [0.2, 0.25) is 5.56 Å². The molecule has 0 saturated carbocycles. The van der Waals surface area contributed by atoms with Crippen LogP contribution in [0.15, 0.2) is 53.3 Å². The van der Waals surface area contributed by atoms with Crippen LogP contribution in [0.25, 0.3) is 22.0 Å². The van der Waals surface area contributed by atoms with E-state index in [1.807, 2.05) is 36.4 Å². The summed E-state index contributed by atoms with van der Waals surface area (Å²) < 4.78 is 5.15. The normalized spacial score (nSPS) is 10.7. The fraction of sp³-hybridized carbons (Fsp3) is 0.0625. The molecule has 100 valence electrons. The molecule has 0 radical (unpaired) electrons. The summed E-state index contributed by atoms with van der Waals surface area (Å²) in [7, 11) is 1.62. The number of nitrogens with one attached hydrogen (secondary N) is 1. The minimum absolute atomic E-state index is 0.170. The molecule has 0 aliphatic carbocycles. The minimum atomic E-state index is -0.170. The molecule has 3 rings (SSSR count). The van der Waals surface area contributed by atoms with Gasteiger partial charge in [-0.1, -0.05) is 35.9 Å². The number of H-pyrrole nitrogens is 1. The SMILES string of the molecule is COc1ccc(-c2cc(=O)[nH]c3c(Cl)cccc23)cc1. The summed E-state index contributed by atoms with van der Waals surface area (Å²) >= 11 is 6.15. The number of fused-ring (bicyclic) bond motifs is 1. The fourth-order valence-corrected chi connectivity index (χ4v) is 2.47. The molecule has 2 aromatic carbocycles. The first-order valence-electron chi connectivity index (χ1n) is 6.15. The Morgan fingerprint density at radius 3 is 2.55 bits per heavy atom. The zero-order valence-corrected chi connectivity index (χ0v) is 11.6. The Hall–Kier alpha value is -2.26. The molecule has 0 amide bonds. The predicted molar refractivity (Wildman–Crippen MR) is 81.6 cm³/mol. The first-order valence-corrected chi connectivity index (χ1v) is 6.53. The molecule has 4 heteroatoms. The number of aromatic nitrogens is 1. The third kappa shape index (κ3) is 2.17. The quantitative estimate of drug-likeness (QED) is 0.777. The number of methoxy groups -OCH3 is 1. The van der Waals surface area contributed by atoms with Crippen LogP contribution in [0.1, 0.15) is 0 Å². The van der Waals surface area contributed by atoms with Crippen molar-refractivity contribution in [3.63, 3.8) is 0 Å². The van der Waals surface area contributed by atoms with E-state index in [4.69, 9.17) is 16.3 Å². The van der Waals surface area contributed by atoms with Gasteiger partial charge in [0.1, 0.15) is 5.75 Å². The van der Waals surface area contributed by atoms with Gasteiger partial charge in [0.05, 0.1) is 17.6 Å². The van der Waals surface area contributed by atoms with Crippen LogP contribution in [0.2, 0.25) is 5.02 Å². The molecule has 0 fully saturated rings. The van der Waals surface area contributed by atoms with E-state index in [0.717, 1.165) is 22.3 Å². The Labute approximate surface area is 120 Å². The lowest BCUT2D eigenvalue weighted by molar-refractivity contribution is 0.415. The third-order valence-corrected chi connectivity index (χ3v) is 3.54. The zero-order chi connectivity index (χ0) is 14.1. The summed E-state index contributed by atoms with van der Waals surface area (Å²) in [5.74, 6) is 0.779. The Bertz CT molecular complexity index is 822. The van der Waals surface area contributed by atoms with Crippen LogP contribution in [-0.4, -0.2) is 12.1 Å². The monoisotopic (exact) mass is 285 g/mol. The number of halogens is 1. The molecule has 3 aromatic rings. The smallest absolute Gasteiger partial charge is 0.249 e. The first-order chi connectivity index (χ1) is 9.69. The molecular formula is C16H12ClNO2. The third-order valence-electron chi connectivity index (χ3n) is 3.23. The van der Waals surface area contributed by atoms with Gasteiger partial charge in [-0.2, -0.15) is 0 Å². The topological polar surface area (TPSA) is 42.1 Å². The summed E-state index contributed by atoms with van der Waals surface area (Å²) in [6.07, 6.45) is 0. The second-order valence-electron chi connectivity index (χ2n) is 4.44. The van der Waals surface area contributed by atoms with Crippen LogP contribution in [0.3, 0.4) is 0 Å². The molecule has 0 aliphatic heterocycles. The molecule has 1 aromatic heterocycles. The number of pyridine rings is 1. The molecule has 1 N–H and O–H groups in total. The predicted octanol–water partition coefficient (Wildman–Crippen LogP) is 3.86. The van der Waals surface area contributed by atoms with Crippen molar-refractivity contribution in [1.82, 2.24) is 4.98 Å². The second-order valence-corrected chi connectivity index (χ2v) is 4.85. The lowest BCUT2D eigenvalue weighted by atomic mass is 10.0. The summed E-state index contributed by atoms with van der Waals surface area (Å²) in [5, 5.41) is 1.46. The molecule has 1 heterocycles. The maximum absolute atomic E-state index is 11.8. The number of hydrogen-bond acceptors (Lipinski definition) is 2. The van der Waals surface area contributed by atoms with Crippen LogP contribution < -0.4 is 10.3 Å². The van der Waals surface area contributed by atoms with Gasteiger partial charge in [0.25, 0.3) is 0 Å². The Kier molecular flexibility index (Phi) is 3.20. The van der Waals surface area contributed by atoms with Crippen molar-refractivity contribution in [1.29, 1.82) is 0 Å². The second kappa shape index (κ2) is 5.02. The van der Waals surface area contributed by atoms with Gasteiger partial charge in [0.15, 0.2) is 0 Å². The van der Waals surface area contributed by atoms with E-state index in [1.54, 1.807) is 19.2 Å². The number of benzene rings is 2. The Morgan fingerprint density at radius 1 is 1.10 bits per heavy atom. The Balaban J connectivity index is 2.29. The molecule has 0 saturated heterocycles. The number of ether oxygens (including phenoxy) is 1. The summed E-state index contributed by atoms with van der Waals surface area (Å²) in [6, 6.07) is 14.7. The molecule has 0 spiro atoms. The van der Waals surface area contributed by atoms with Gasteiger partial charge in [-0.15, -0.1) is 0 Å². The van der Waals surface area contributed by atoms with E-state index in [1.165, 1.54) is 0 Å². The van der Waals surface area contributed by atoms with Crippen LogP contribution in [0.4, 0.5) is 0 Å². The van der Waals surface area contributed by atoms with E-state index in [-0.39, 0.29) is 5.56 Å². The lowest BCUT2D eigenvalue weighted by Crippen LogP contribution is -2.05. The number of para-hydroxylation sites is 1. The highest BCUT2D eigenvalue weighted by Gasteiger charge is 2.08. The van der Waals surface area contributed by atoms with Crippen LogP contribution >= 0.6 is 11.6 Å². The van der Waals surface area contributed by atoms with Crippen LogP contribution in [-0.2, 0) is 0 Å². The van der Waals surface area contributed by atoms with Crippen molar-refractivity contribution in [2.75, 3.05) is 7.11 Å². The molecule has 0 unspecified atom stereocenters. The van der Waals surface area contributed by atoms with Crippen molar-refractivity contribution in [3.8, 4) is 16.9 Å². The molecule has 20 heavy (non-hydrogen) atoms. The van der Waals surface area contributed by atoms with Gasteiger partial charge in [0, 0.05) is 11.5 Å². The van der Waals surface area contributed by atoms with E-state index < -0.39 is 0 Å². The molecule has 3 nitrogen and oxygen atoms in total. The van der Waals surface area contributed by atoms with Crippen molar-refractivity contribution in [3.05, 3.63) is 63.9 Å². The number of hydrogen-bond donors (Lipinski definition) is 1. The van der Waals surface area contributed by atoms with Crippen molar-refractivity contribution in [2.45, 2.75) is 0 Å². The molecule has 0 aliphatic rings. The summed E-state index contributed by atoms with van der Waals surface area (Å²) in [6.45, 7) is 0. The average molecular weight is 286 g/mol. The van der Waals surface area contributed by atoms with E-state index >= 15 is 0 Å². The molecule has 0 bridgehead atoms. The van der Waals surface area contributed by atoms with E-state index in [9.17, 15) is 4.79 Å². The molecule has 0 atom stereocenters. The minimum Gasteiger partial charge on any atom is -0.497 e. The lowest BCUT2D eigenvalue weighted by Gasteiger charge is -2.08. The summed E-state index contributed by atoms with van der Waals surface area (Å²) in [5.41, 5.74) is 2.29. The summed E-state index contributed by atoms with van der Waals surface area (Å²) in [4.78, 5) is 14.6.